The number of carbonyl (C=O) groups is 1. The van der Waals surface area contributed by atoms with E-state index in [-0.39, 0.29) is 5.97 Å². The van der Waals surface area contributed by atoms with Crippen molar-refractivity contribution in [1.29, 1.82) is 0 Å². The van der Waals surface area contributed by atoms with Gasteiger partial charge in [-0.05, 0) is 32.6 Å². The van der Waals surface area contributed by atoms with E-state index in [1.807, 2.05) is 6.92 Å². The lowest BCUT2D eigenvalue weighted by Crippen LogP contribution is -2.39. The van der Waals surface area contributed by atoms with Gasteiger partial charge >= 0.3 is 5.97 Å². The molecule has 0 aliphatic heterocycles. The van der Waals surface area contributed by atoms with Crippen LogP contribution in [0.2, 0.25) is 0 Å². The van der Waals surface area contributed by atoms with Gasteiger partial charge in [0.15, 0.2) is 0 Å². The molecule has 94 valence electrons. The fourth-order valence-electron chi connectivity index (χ4n) is 2.65. The summed E-state index contributed by atoms with van der Waals surface area (Å²) >= 11 is 0. The molecule has 1 N–H and O–H groups in total. The average Bonchev–Trinajstić information content (AvgIpc) is 2.62. The van der Waals surface area contributed by atoms with Gasteiger partial charge in [0, 0.05) is 0 Å². The van der Waals surface area contributed by atoms with Crippen LogP contribution >= 0.6 is 0 Å². The van der Waals surface area contributed by atoms with Crippen LogP contribution in [0.5, 0.6) is 0 Å². The molecular weight excluding hydrogens is 204 g/mol. The van der Waals surface area contributed by atoms with Gasteiger partial charge in [-0.3, -0.25) is 4.79 Å². The molecule has 0 aromatic carbocycles. The van der Waals surface area contributed by atoms with E-state index in [0.29, 0.717) is 6.61 Å². The highest BCUT2D eigenvalue weighted by Crippen LogP contribution is 2.43. The zero-order valence-electron chi connectivity index (χ0n) is 10.5. The van der Waals surface area contributed by atoms with Crippen molar-refractivity contribution in [3.8, 4) is 0 Å². The molecule has 2 unspecified atom stereocenters. The molecule has 0 aromatic rings. The number of rotatable bonds is 6. The van der Waals surface area contributed by atoms with Crippen molar-refractivity contribution in [2.24, 2.45) is 5.41 Å². The Bertz CT molecular complexity index is 227. The van der Waals surface area contributed by atoms with Crippen molar-refractivity contribution in [2.45, 2.75) is 64.9 Å². The van der Waals surface area contributed by atoms with Gasteiger partial charge in [-0.15, -0.1) is 0 Å². The summed E-state index contributed by atoms with van der Waals surface area (Å²) in [5.74, 6) is -0.184. The van der Waals surface area contributed by atoms with Crippen molar-refractivity contribution in [3.63, 3.8) is 0 Å². The summed E-state index contributed by atoms with van der Waals surface area (Å²) in [6.45, 7) is 4.36. The van der Waals surface area contributed by atoms with Crippen LogP contribution < -0.4 is 0 Å². The Hall–Kier alpha value is -0.570. The molecule has 1 fully saturated rings. The van der Waals surface area contributed by atoms with E-state index in [4.69, 9.17) is 4.74 Å². The monoisotopic (exact) mass is 228 g/mol. The molecular formula is C13H24O3. The van der Waals surface area contributed by atoms with Crippen molar-refractivity contribution in [2.75, 3.05) is 6.61 Å². The zero-order valence-corrected chi connectivity index (χ0v) is 10.5. The molecule has 3 nitrogen and oxygen atoms in total. The van der Waals surface area contributed by atoms with E-state index >= 15 is 0 Å². The van der Waals surface area contributed by atoms with Crippen LogP contribution in [0.15, 0.2) is 0 Å². The van der Waals surface area contributed by atoms with Crippen molar-refractivity contribution >= 4 is 5.97 Å². The topological polar surface area (TPSA) is 46.5 Å². The maximum atomic E-state index is 12.0. The predicted octanol–water partition coefficient (Wildman–Crippen LogP) is 2.66. The molecule has 0 heterocycles. The first-order valence-electron chi connectivity index (χ1n) is 6.52. The van der Waals surface area contributed by atoms with E-state index in [0.717, 1.165) is 44.9 Å². The largest absolute Gasteiger partial charge is 0.465 e. The number of aliphatic hydroxyl groups excluding tert-OH is 1. The summed E-state index contributed by atoms with van der Waals surface area (Å²) < 4.78 is 5.13. The van der Waals surface area contributed by atoms with Gasteiger partial charge < -0.3 is 9.84 Å². The first-order valence-corrected chi connectivity index (χ1v) is 6.52. The molecule has 16 heavy (non-hydrogen) atoms. The van der Waals surface area contributed by atoms with Crippen molar-refractivity contribution < 1.29 is 14.6 Å². The van der Waals surface area contributed by atoms with Gasteiger partial charge in [0.1, 0.15) is 0 Å². The minimum absolute atomic E-state index is 0.184. The number of hydrogen-bond donors (Lipinski definition) is 1. The maximum absolute atomic E-state index is 12.0. The zero-order chi connectivity index (χ0) is 12.0. The first-order chi connectivity index (χ1) is 7.67. The summed E-state index contributed by atoms with van der Waals surface area (Å²) in [4.78, 5) is 12.0. The normalized spacial score (nSPS) is 29.3. The van der Waals surface area contributed by atoms with Gasteiger partial charge in [-0.1, -0.05) is 26.2 Å². The molecule has 0 amide bonds. The SMILES string of the molecule is CCCCCC1(C(=O)OCC)CCCC1O. The molecule has 1 aliphatic carbocycles. The number of aliphatic hydroxyl groups is 1. The van der Waals surface area contributed by atoms with Crippen LogP contribution in [0.25, 0.3) is 0 Å². The second kappa shape index (κ2) is 6.24. The highest BCUT2D eigenvalue weighted by atomic mass is 16.5. The lowest BCUT2D eigenvalue weighted by atomic mass is 9.79. The van der Waals surface area contributed by atoms with E-state index < -0.39 is 11.5 Å². The Morgan fingerprint density at radius 3 is 2.69 bits per heavy atom. The number of hydrogen-bond acceptors (Lipinski definition) is 3. The van der Waals surface area contributed by atoms with Crippen LogP contribution in [0.1, 0.15) is 58.8 Å². The third kappa shape index (κ3) is 2.76. The van der Waals surface area contributed by atoms with E-state index in [1.165, 1.54) is 0 Å². The lowest BCUT2D eigenvalue weighted by molar-refractivity contribution is -0.161. The number of esters is 1. The maximum Gasteiger partial charge on any atom is 0.314 e. The lowest BCUT2D eigenvalue weighted by Gasteiger charge is -2.30. The minimum Gasteiger partial charge on any atom is -0.465 e. The number of carbonyl (C=O) groups excluding carboxylic acids is 1. The van der Waals surface area contributed by atoms with Crippen LogP contribution in [0.4, 0.5) is 0 Å². The van der Waals surface area contributed by atoms with E-state index in [9.17, 15) is 9.90 Å². The molecule has 2 atom stereocenters. The Morgan fingerprint density at radius 2 is 2.19 bits per heavy atom. The third-order valence-electron chi connectivity index (χ3n) is 3.65. The van der Waals surface area contributed by atoms with Crippen LogP contribution in [-0.4, -0.2) is 23.8 Å². The molecule has 0 spiro atoms. The smallest absolute Gasteiger partial charge is 0.314 e. The summed E-state index contributed by atoms with van der Waals surface area (Å²) in [5, 5.41) is 10.0. The summed E-state index contributed by atoms with van der Waals surface area (Å²) in [6.07, 6.45) is 6.01. The molecule has 0 aromatic heterocycles. The van der Waals surface area contributed by atoms with Crippen molar-refractivity contribution in [1.82, 2.24) is 0 Å². The van der Waals surface area contributed by atoms with Crippen LogP contribution in [0, 0.1) is 5.41 Å². The molecule has 0 bridgehead atoms. The molecule has 0 saturated heterocycles. The highest BCUT2D eigenvalue weighted by Gasteiger charge is 2.48. The Labute approximate surface area is 98.2 Å². The quantitative estimate of drug-likeness (QED) is 0.561. The Morgan fingerprint density at radius 1 is 1.44 bits per heavy atom. The second-order valence-electron chi connectivity index (χ2n) is 4.74. The summed E-state index contributed by atoms with van der Waals surface area (Å²) in [6, 6.07) is 0. The van der Waals surface area contributed by atoms with Crippen LogP contribution in [0.3, 0.4) is 0 Å². The number of ether oxygens (including phenoxy) is 1. The first kappa shape index (κ1) is 13.5. The highest BCUT2D eigenvalue weighted by molar-refractivity contribution is 5.78. The van der Waals surface area contributed by atoms with Crippen LogP contribution in [-0.2, 0) is 9.53 Å². The average molecular weight is 228 g/mol. The number of unbranched alkanes of at least 4 members (excludes halogenated alkanes) is 2. The van der Waals surface area contributed by atoms with Gasteiger partial charge in [0.2, 0.25) is 0 Å². The predicted molar refractivity (Wildman–Crippen MR) is 63.1 cm³/mol. The van der Waals surface area contributed by atoms with Gasteiger partial charge in [0.25, 0.3) is 0 Å². The molecule has 1 aliphatic rings. The standard InChI is InChI=1S/C13H24O3/c1-3-5-6-9-13(12(15)16-4-2)10-7-8-11(13)14/h11,14H,3-10H2,1-2H3. The molecule has 1 saturated carbocycles. The summed E-state index contributed by atoms with van der Waals surface area (Å²) in [7, 11) is 0. The molecule has 3 heteroatoms. The van der Waals surface area contributed by atoms with E-state index in [1.54, 1.807) is 0 Å². The van der Waals surface area contributed by atoms with Crippen molar-refractivity contribution in [3.05, 3.63) is 0 Å². The fraction of sp³-hybridized carbons (Fsp3) is 0.923. The minimum atomic E-state index is -0.592. The second-order valence-corrected chi connectivity index (χ2v) is 4.74. The Kier molecular flexibility index (Phi) is 5.26. The van der Waals surface area contributed by atoms with Gasteiger partial charge in [-0.25, -0.2) is 0 Å². The molecule has 1 rings (SSSR count). The van der Waals surface area contributed by atoms with Gasteiger partial charge in [0.05, 0.1) is 18.1 Å². The Balaban J connectivity index is 2.64. The van der Waals surface area contributed by atoms with Gasteiger partial charge in [-0.2, -0.15) is 0 Å². The van der Waals surface area contributed by atoms with E-state index in [2.05, 4.69) is 6.92 Å². The summed E-state index contributed by atoms with van der Waals surface area (Å²) in [5.41, 5.74) is -0.592. The molecule has 0 radical (unpaired) electrons. The fourth-order valence-corrected chi connectivity index (χ4v) is 2.65. The third-order valence-corrected chi connectivity index (χ3v) is 3.65.